The second-order valence-electron chi connectivity index (χ2n) is 3.58. The third-order valence-electron chi connectivity index (χ3n) is 2.14. The molecule has 0 saturated heterocycles. The molecule has 0 radical (unpaired) electrons. The molecule has 0 fully saturated rings. The summed E-state index contributed by atoms with van der Waals surface area (Å²) >= 11 is 0. The summed E-state index contributed by atoms with van der Waals surface area (Å²) in [6.45, 7) is 4.76. The van der Waals surface area contributed by atoms with Crippen molar-refractivity contribution in [2.75, 3.05) is 13.6 Å². The van der Waals surface area contributed by atoms with Crippen molar-refractivity contribution in [2.24, 2.45) is 0 Å². The summed E-state index contributed by atoms with van der Waals surface area (Å²) in [5.74, 6) is 0.789. The van der Waals surface area contributed by atoms with Crippen molar-refractivity contribution in [3.63, 3.8) is 0 Å². The number of likely N-dealkylation sites (N-methyl/N-ethyl adjacent to an activating group) is 1. The highest BCUT2D eigenvalue weighted by Gasteiger charge is 2.06. The normalized spacial score (nSPS) is 11.9. The molecule has 1 unspecified atom stereocenters. The summed E-state index contributed by atoms with van der Waals surface area (Å²) < 4.78 is 5.71. The summed E-state index contributed by atoms with van der Waals surface area (Å²) in [5.41, 5.74) is 1.68. The molecule has 80 valence electrons. The van der Waals surface area contributed by atoms with Crippen LogP contribution in [-0.2, 0) is 0 Å². The number of nitrogens with zero attached hydrogens (tertiary/aromatic N) is 1. The monoisotopic (exact) mass is 204 g/mol. The Bertz CT molecular complexity index is 368. The molecular weight excluding hydrogens is 188 g/mol. The Morgan fingerprint density at radius 2 is 2.27 bits per heavy atom. The van der Waals surface area contributed by atoms with Crippen LogP contribution in [0, 0.1) is 18.3 Å². The van der Waals surface area contributed by atoms with Gasteiger partial charge in [-0.2, -0.15) is 5.26 Å². The molecule has 0 amide bonds. The van der Waals surface area contributed by atoms with Crippen LogP contribution in [0.15, 0.2) is 18.2 Å². The number of hydrogen-bond acceptors (Lipinski definition) is 3. The highest BCUT2D eigenvalue weighted by Crippen LogP contribution is 2.20. The SMILES string of the molecule is CNCC(C)Oc1cc(C#N)ccc1C. The minimum Gasteiger partial charge on any atom is -0.489 e. The van der Waals surface area contributed by atoms with Gasteiger partial charge in [0.05, 0.1) is 11.6 Å². The van der Waals surface area contributed by atoms with E-state index in [4.69, 9.17) is 10.00 Å². The van der Waals surface area contributed by atoms with E-state index in [0.717, 1.165) is 17.9 Å². The summed E-state index contributed by atoms with van der Waals surface area (Å²) in [6.07, 6.45) is 0.0997. The quantitative estimate of drug-likeness (QED) is 0.814. The number of benzene rings is 1. The lowest BCUT2D eigenvalue weighted by Gasteiger charge is -2.16. The number of aryl methyl sites for hydroxylation is 1. The average Bonchev–Trinajstić information content (AvgIpc) is 2.21. The van der Waals surface area contributed by atoms with E-state index in [-0.39, 0.29) is 6.10 Å². The Kier molecular flexibility index (Phi) is 4.14. The van der Waals surface area contributed by atoms with Crippen LogP contribution in [0.1, 0.15) is 18.1 Å². The van der Waals surface area contributed by atoms with Crippen molar-refractivity contribution in [3.05, 3.63) is 29.3 Å². The molecule has 1 atom stereocenters. The Labute approximate surface area is 90.7 Å². The second kappa shape index (κ2) is 5.38. The lowest BCUT2D eigenvalue weighted by atomic mass is 10.1. The number of ether oxygens (including phenoxy) is 1. The van der Waals surface area contributed by atoms with Crippen LogP contribution >= 0.6 is 0 Å². The highest BCUT2D eigenvalue weighted by atomic mass is 16.5. The first-order chi connectivity index (χ1) is 7.17. The Hall–Kier alpha value is -1.53. The van der Waals surface area contributed by atoms with Gasteiger partial charge in [-0.1, -0.05) is 6.07 Å². The van der Waals surface area contributed by atoms with E-state index in [1.165, 1.54) is 0 Å². The molecule has 0 spiro atoms. The van der Waals surface area contributed by atoms with Crippen molar-refractivity contribution < 1.29 is 4.74 Å². The zero-order valence-electron chi connectivity index (χ0n) is 9.37. The zero-order valence-corrected chi connectivity index (χ0v) is 9.37. The summed E-state index contributed by atoms with van der Waals surface area (Å²) in [6, 6.07) is 7.58. The molecule has 0 aliphatic heterocycles. The van der Waals surface area contributed by atoms with Crippen LogP contribution in [0.3, 0.4) is 0 Å². The number of nitrogens with one attached hydrogen (secondary N) is 1. The van der Waals surface area contributed by atoms with Crippen molar-refractivity contribution in [1.29, 1.82) is 5.26 Å². The molecule has 1 aromatic carbocycles. The first kappa shape index (κ1) is 11.5. The number of hydrogen-bond donors (Lipinski definition) is 1. The summed E-state index contributed by atoms with van der Waals surface area (Å²) in [7, 11) is 1.89. The molecule has 0 aliphatic carbocycles. The Morgan fingerprint density at radius 3 is 2.87 bits per heavy atom. The van der Waals surface area contributed by atoms with Crippen molar-refractivity contribution in [3.8, 4) is 11.8 Å². The van der Waals surface area contributed by atoms with Gasteiger partial charge in [-0.3, -0.25) is 0 Å². The number of rotatable bonds is 4. The first-order valence-corrected chi connectivity index (χ1v) is 4.99. The predicted molar refractivity (Wildman–Crippen MR) is 59.9 cm³/mol. The topological polar surface area (TPSA) is 45.0 Å². The minimum atomic E-state index is 0.0997. The molecular formula is C12H16N2O. The van der Waals surface area contributed by atoms with E-state index >= 15 is 0 Å². The summed E-state index contributed by atoms with van der Waals surface area (Å²) in [4.78, 5) is 0. The van der Waals surface area contributed by atoms with Crippen molar-refractivity contribution >= 4 is 0 Å². The maximum atomic E-state index is 8.77. The standard InChI is InChI=1S/C12H16N2O/c1-9-4-5-11(7-13)6-12(9)15-10(2)8-14-3/h4-6,10,14H,8H2,1-3H3. The molecule has 0 aliphatic rings. The van der Waals surface area contributed by atoms with Crippen LogP contribution in [0.4, 0.5) is 0 Å². The zero-order chi connectivity index (χ0) is 11.3. The van der Waals surface area contributed by atoms with E-state index in [9.17, 15) is 0 Å². The van der Waals surface area contributed by atoms with Crippen LogP contribution < -0.4 is 10.1 Å². The lowest BCUT2D eigenvalue weighted by Crippen LogP contribution is -2.26. The van der Waals surface area contributed by atoms with Gasteiger partial charge in [-0.25, -0.2) is 0 Å². The van der Waals surface area contributed by atoms with E-state index in [2.05, 4.69) is 11.4 Å². The highest BCUT2D eigenvalue weighted by molar-refractivity contribution is 5.41. The van der Waals surface area contributed by atoms with Gasteiger partial charge in [0.1, 0.15) is 11.9 Å². The molecule has 1 N–H and O–H groups in total. The maximum absolute atomic E-state index is 8.77. The third kappa shape index (κ3) is 3.26. The smallest absolute Gasteiger partial charge is 0.123 e. The molecule has 15 heavy (non-hydrogen) atoms. The van der Waals surface area contributed by atoms with Gasteiger partial charge in [0.2, 0.25) is 0 Å². The fourth-order valence-electron chi connectivity index (χ4n) is 1.34. The number of nitriles is 1. The maximum Gasteiger partial charge on any atom is 0.123 e. The van der Waals surface area contributed by atoms with Gasteiger partial charge < -0.3 is 10.1 Å². The molecule has 0 heterocycles. The fraction of sp³-hybridized carbons (Fsp3) is 0.417. The Morgan fingerprint density at radius 1 is 1.53 bits per heavy atom. The molecule has 3 heteroatoms. The van der Waals surface area contributed by atoms with Gasteiger partial charge in [-0.05, 0) is 38.6 Å². The van der Waals surface area contributed by atoms with Crippen molar-refractivity contribution in [2.45, 2.75) is 20.0 Å². The van der Waals surface area contributed by atoms with E-state index in [1.807, 2.05) is 27.0 Å². The van der Waals surface area contributed by atoms with E-state index in [0.29, 0.717) is 5.56 Å². The fourth-order valence-corrected chi connectivity index (χ4v) is 1.34. The van der Waals surface area contributed by atoms with Crippen LogP contribution in [0.5, 0.6) is 5.75 Å². The largest absolute Gasteiger partial charge is 0.489 e. The molecule has 0 bridgehead atoms. The minimum absolute atomic E-state index is 0.0997. The Balaban J connectivity index is 2.80. The summed E-state index contributed by atoms with van der Waals surface area (Å²) in [5, 5.41) is 11.8. The van der Waals surface area contributed by atoms with Gasteiger partial charge in [-0.15, -0.1) is 0 Å². The predicted octanol–water partition coefficient (Wildman–Crippen LogP) is 1.85. The molecule has 1 rings (SSSR count). The lowest BCUT2D eigenvalue weighted by molar-refractivity contribution is 0.219. The molecule has 3 nitrogen and oxygen atoms in total. The van der Waals surface area contributed by atoms with E-state index in [1.54, 1.807) is 12.1 Å². The van der Waals surface area contributed by atoms with Gasteiger partial charge >= 0.3 is 0 Å². The van der Waals surface area contributed by atoms with Gasteiger partial charge in [0.15, 0.2) is 0 Å². The molecule has 1 aromatic rings. The third-order valence-corrected chi connectivity index (χ3v) is 2.14. The van der Waals surface area contributed by atoms with Crippen LogP contribution in [-0.4, -0.2) is 19.7 Å². The van der Waals surface area contributed by atoms with Crippen molar-refractivity contribution in [1.82, 2.24) is 5.32 Å². The molecule has 0 saturated carbocycles. The van der Waals surface area contributed by atoms with Crippen LogP contribution in [0.25, 0.3) is 0 Å². The average molecular weight is 204 g/mol. The van der Waals surface area contributed by atoms with Crippen LogP contribution in [0.2, 0.25) is 0 Å². The first-order valence-electron chi connectivity index (χ1n) is 4.99. The van der Waals surface area contributed by atoms with Gasteiger partial charge in [0.25, 0.3) is 0 Å². The second-order valence-corrected chi connectivity index (χ2v) is 3.58. The van der Waals surface area contributed by atoms with E-state index < -0.39 is 0 Å². The van der Waals surface area contributed by atoms with Gasteiger partial charge in [0, 0.05) is 6.54 Å². The molecule has 0 aromatic heterocycles.